The molecule has 1 N–H and O–H groups in total. The molecule has 118 valence electrons. The van der Waals surface area contributed by atoms with E-state index < -0.39 is 11.6 Å². The van der Waals surface area contributed by atoms with Gasteiger partial charge < -0.3 is 10.1 Å². The van der Waals surface area contributed by atoms with Gasteiger partial charge in [-0.15, -0.1) is 0 Å². The first kappa shape index (κ1) is 15.2. The number of nitrogens with one attached hydrogen (secondary N) is 1. The van der Waals surface area contributed by atoms with Crippen molar-refractivity contribution in [2.24, 2.45) is 5.41 Å². The summed E-state index contributed by atoms with van der Waals surface area (Å²) in [5, 5.41) is 3.85. The molecule has 0 atom stereocenters. The number of anilines is 1. The van der Waals surface area contributed by atoms with Gasteiger partial charge in [-0.3, -0.25) is 4.98 Å². The van der Waals surface area contributed by atoms with Gasteiger partial charge in [-0.2, -0.15) is 0 Å². The smallest absolute Gasteiger partial charge is 0.152 e. The van der Waals surface area contributed by atoms with Gasteiger partial charge in [0.25, 0.3) is 0 Å². The maximum Gasteiger partial charge on any atom is 0.152 e. The Morgan fingerprint density at radius 3 is 2.82 bits per heavy atom. The summed E-state index contributed by atoms with van der Waals surface area (Å²) in [6, 6.07) is 3.96. The lowest BCUT2D eigenvalue weighted by molar-refractivity contribution is 0.0813. The fraction of sp³-hybridized carbons (Fsp3) is 0.471. The van der Waals surface area contributed by atoms with Crippen molar-refractivity contribution >= 4 is 16.6 Å². The van der Waals surface area contributed by atoms with E-state index in [9.17, 15) is 8.78 Å². The molecule has 2 aromatic rings. The molecule has 0 unspecified atom stereocenters. The quantitative estimate of drug-likeness (QED) is 0.871. The predicted octanol–water partition coefficient (Wildman–Crippen LogP) is 4.13. The first-order chi connectivity index (χ1) is 10.6. The summed E-state index contributed by atoms with van der Waals surface area (Å²) in [7, 11) is 1.71. The van der Waals surface area contributed by atoms with Gasteiger partial charge in [-0.25, -0.2) is 8.78 Å². The van der Waals surface area contributed by atoms with Gasteiger partial charge in [-0.1, -0.05) is 6.42 Å². The number of fused-ring (bicyclic) bond motifs is 1. The highest BCUT2D eigenvalue weighted by atomic mass is 19.1. The van der Waals surface area contributed by atoms with E-state index in [0.717, 1.165) is 44.2 Å². The number of hydrogen-bond donors (Lipinski definition) is 1. The number of pyridine rings is 1. The van der Waals surface area contributed by atoms with E-state index in [4.69, 9.17) is 4.74 Å². The highest BCUT2D eigenvalue weighted by Crippen LogP contribution is 2.44. The second kappa shape index (κ2) is 6.16. The summed E-state index contributed by atoms with van der Waals surface area (Å²) in [6.07, 6.45) is 6.10. The van der Waals surface area contributed by atoms with Gasteiger partial charge >= 0.3 is 0 Å². The Labute approximate surface area is 128 Å². The van der Waals surface area contributed by atoms with Gasteiger partial charge in [-0.05, 0) is 36.8 Å². The first-order valence-electron chi connectivity index (χ1n) is 7.60. The third-order valence-corrected chi connectivity index (χ3v) is 4.67. The molecule has 1 heterocycles. The lowest BCUT2D eigenvalue weighted by atomic mass is 9.66. The minimum absolute atomic E-state index is 0.200. The molecule has 3 nitrogen and oxygen atoms in total. The topological polar surface area (TPSA) is 34.1 Å². The average molecular weight is 306 g/mol. The van der Waals surface area contributed by atoms with Crippen molar-refractivity contribution in [3.8, 4) is 0 Å². The number of ether oxygens (including phenoxy) is 1. The Kier molecular flexibility index (Phi) is 4.25. The van der Waals surface area contributed by atoms with Gasteiger partial charge in [0, 0.05) is 43.6 Å². The largest absolute Gasteiger partial charge is 0.385 e. The van der Waals surface area contributed by atoms with Gasteiger partial charge in [0.15, 0.2) is 5.82 Å². The van der Waals surface area contributed by atoms with Gasteiger partial charge in [0.05, 0.1) is 0 Å². The zero-order valence-corrected chi connectivity index (χ0v) is 12.7. The van der Waals surface area contributed by atoms with Crippen molar-refractivity contribution in [1.29, 1.82) is 0 Å². The normalized spacial score (nSPS) is 16.5. The van der Waals surface area contributed by atoms with Crippen molar-refractivity contribution in [1.82, 2.24) is 4.98 Å². The van der Waals surface area contributed by atoms with E-state index in [2.05, 4.69) is 10.3 Å². The summed E-state index contributed by atoms with van der Waals surface area (Å²) in [5.41, 5.74) is 1.16. The average Bonchev–Trinajstić information content (AvgIpc) is 2.46. The molecule has 1 aliphatic carbocycles. The number of nitrogens with zero attached hydrogens (tertiary/aromatic N) is 1. The third kappa shape index (κ3) is 2.90. The number of rotatable bonds is 6. The SMILES string of the molecule is COCCC1(CNc2ccnc3c(F)cc(F)cc23)CCC1. The van der Waals surface area contributed by atoms with Crippen molar-refractivity contribution in [2.75, 3.05) is 25.6 Å². The highest BCUT2D eigenvalue weighted by Gasteiger charge is 2.36. The molecule has 0 spiro atoms. The number of aromatic nitrogens is 1. The van der Waals surface area contributed by atoms with Crippen LogP contribution in [0.3, 0.4) is 0 Å². The summed E-state index contributed by atoms with van der Waals surface area (Å²) < 4.78 is 32.5. The number of halogens is 2. The van der Waals surface area contributed by atoms with Crippen LogP contribution in [0.4, 0.5) is 14.5 Å². The minimum Gasteiger partial charge on any atom is -0.385 e. The van der Waals surface area contributed by atoms with Crippen LogP contribution in [0.5, 0.6) is 0 Å². The zero-order valence-electron chi connectivity index (χ0n) is 12.7. The van der Waals surface area contributed by atoms with Crippen LogP contribution in [0.2, 0.25) is 0 Å². The van der Waals surface area contributed by atoms with Crippen LogP contribution in [-0.4, -0.2) is 25.2 Å². The molecule has 5 heteroatoms. The maximum absolute atomic E-state index is 13.8. The molecule has 3 rings (SSSR count). The van der Waals surface area contributed by atoms with Crippen LogP contribution in [0.15, 0.2) is 24.4 Å². The zero-order chi connectivity index (χ0) is 15.6. The predicted molar refractivity (Wildman–Crippen MR) is 82.9 cm³/mol. The molecule has 0 aliphatic heterocycles. The molecule has 0 amide bonds. The van der Waals surface area contributed by atoms with Gasteiger partial charge in [0.2, 0.25) is 0 Å². The van der Waals surface area contributed by atoms with E-state index in [1.807, 2.05) is 0 Å². The van der Waals surface area contributed by atoms with Crippen molar-refractivity contribution in [2.45, 2.75) is 25.7 Å². The summed E-state index contributed by atoms with van der Waals surface area (Å²) in [4.78, 5) is 4.01. The van der Waals surface area contributed by atoms with E-state index in [1.54, 1.807) is 19.4 Å². The number of hydrogen-bond acceptors (Lipinski definition) is 3. The van der Waals surface area contributed by atoms with E-state index in [-0.39, 0.29) is 10.9 Å². The summed E-state index contributed by atoms with van der Waals surface area (Å²) in [6.45, 7) is 1.52. The second-order valence-corrected chi connectivity index (χ2v) is 6.09. The number of benzene rings is 1. The monoisotopic (exact) mass is 306 g/mol. The van der Waals surface area contributed by atoms with Crippen molar-refractivity contribution < 1.29 is 13.5 Å². The lowest BCUT2D eigenvalue weighted by Gasteiger charge is -2.42. The molecule has 0 bridgehead atoms. The summed E-state index contributed by atoms with van der Waals surface area (Å²) >= 11 is 0. The first-order valence-corrected chi connectivity index (χ1v) is 7.60. The molecule has 0 radical (unpaired) electrons. The van der Waals surface area contributed by atoms with Crippen LogP contribution in [-0.2, 0) is 4.74 Å². The second-order valence-electron chi connectivity index (χ2n) is 6.09. The number of methoxy groups -OCH3 is 1. The van der Waals surface area contributed by atoms with E-state index in [0.29, 0.717) is 5.39 Å². The van der Waals surface area contributed by atoms with Crippen LogP contribution >= 0.6 is 0 Å². The van der Waals surface area contributed by atoms with Crippen molar-refractivity contribution in [3.05, 3.63) is 36.0 Å². The van der Waals surface area contributed by atoms with Gasteiger partial charge in [0.1, 0.15) is 11.3 Å². The molecular weight excluding hydrogens is 286 g/mol. The highest BCUT2D eigenvalue weighted by molar-refractivity contribution is 5.91. The van der Waals surface area contributed by atoms with E-state index >= 15 is 0 Å². The van der Waals surface area contributed by atoms with Crippen molar-refractivity contribution in [3.63, 3.8) is 0 Å². The van der Waals surface area contributed by atoms with Crippen LogP contribution < -0.4 is 5.32 Å². The molecule has 1 aliphatic rings. The standard InChI is InChI=1S/C17H20F2N2O/c1-22-8-6-17(4-2-5-17)11-21-15-3-7-20-16-13(15)9-12(18)10-14(16)19/h3,7,9-10H,2,4-6,8,11H2,1H3,(H,20,21). The van der Waals surface area contributed by atoms with E-state index in [1.165, 1.54) is 12.5 Å². The molecule has 1 aromatic heterocycles. The molecule has 1 fully saturated rings. The Balaban J connectivity index is 1.82. The molecule has 0 saturated heterocycles. The van der Waals surface area contributed by atoms with Crippen LogP contribution in [0.25, 0.3) is 10.9 Å². The van der Waals surface area contributed by atoms with Crippen LogP contribution in [0, 0.1) is 17.0 Å². The minimum atomic E-state index is -0.628. The Morgan fingerprint density at radius 1 is 1.32 bits per heavy atom. The fourth-order valence-corrected chi connectivity index (χ4v) is 3.13. The lowest BCUT2D eigenvalue weighted by Crippen LogP contribution is -2.37. The summed E-state index contributed by atoms with van der Waals surface area (Å²) in [5.74, 6) is -1.21. The Hall–Kier alpha value is -1.75. The van der Waals surface area contributed by atoms with Crippen LogP contribution in [0.1, 0.15) is 25.7 Å². The third-order valence-electron chi connectivity index (χ3n) is 4.67. The Morgan fingerprint density at radius 2 is 2.14 bits per heavy atom. The fourth-order valence-electron chi connectivity index (χ4n) is 3.13. The maximum atomic E-state index is 13.8. The molecule has 1 aromatic carbocycles. The molecular formula is C17H20F2N2O. The Bertz CT molecular complexity index is 671. The molecule has 1 saturated carbocycles. The molecule has 22 heavy (non-hydrogen) atoms.